The van der Waals surface area contributed by atoms with Crippen LogP contribution in [0.15, 0.2) is 12.3 Å². The Morgan fingerprint density at radius 2 is 2.03 bits per heavy atom. The lowest BCUT2D eigenvalue weighted by Crippen LogP contribution is -2.44. The van der Waals surface area contributed by atoms with Crippen molar-refractivity contribution in [2.24, 2.45) is 5.92 Å². The van der Waals surface area contributed by atoms with Crippen LogP contribution in [-0.4, -0.2) is 74.2 Å². The highest BCUT2D eigenvalue weighted by molar-refractivity contribution is 5.98. The van der Waals surface area contributed by atoms with E-state index >= 15 is 0 Å². The van der Waals surface area contributed by atoms with Gasteiger partial charge >= 0.3 is 17.9 Å². The second-order valence-electron chi connectivity index (χ2n) is 7.75. The minimum absolute atomic E-state index is 0.0408. The molecule has 1 saturated heterocycles. The summed E-state index contributed by atoms with van der Waals surface area (Å²) in [5, 5.41) is 2.56. The summed E-state index contributed by atoms with van der Waals surface area (Å²) in [6.45, 7) is 5.84. The Labute approximate surface area is 197 Å². The van der Waals surface area contributed by atoms with Crippen molar-refractivity contribution in [3.63, 3.8) is 0 Å². The summed E-state index contributed by atoms with van der Waals surface area (Å²) >= 11 is 0. The lowest BCUT2D eigenvalue weighted by Gasteiger charge is -2.24. The van der Waals surface area contributed by atoms with Gasteiger partial charge in [-0.05, 0) is 6.92 Å². The van der Waals surface area contributed by atoms with Gasteiger partial charge in [-0.15, -0.1) is 0 Å². The fourth-order valence-electron chi connectivity index (χ4n) is 2.83. The first-order chi connectivity index (χ1) is 16.1. The topological polar surface area (TPSA) is 149 Å². The Bertz CT molecular complexity index is 888. The van der Waals surface area contributed by atoms with Gasteiger partial charge in [-0.3, -0.25) is 14.4 Å². The molecule has 3 atom stereocenters. The molecule has 12 heteroatoms. The number of methoxy groups -OCH3 is 1. The second-order valence-corrected chi connectivity index (χ2v) is 7.75. The normalized spacial score (nSPS) is 20.8. The van der Waals surface area contributed by atoms with Gasteiger partial charge in [0.05, 0.1) is 19.6 Å². The highest BCUT2D eigenvalue weighted by Gasteiger charge is 2.33. The minimum Gasteiger partial charge on any atom is -0.493 e. The van der Waals surface area contributed by atoms with E-state index in [1.807, 2.05) is 0 Å². The van der Waals surface area contributed by atoms with E-state index in [-0.39, 0.29) is 42.7 Å². The molecule has 2 rings (SSSR count). The van der Waals surface area contributed by atoms with Crippen LogP contribution in [0.3, 0.4) is 0 Å². The number of carbonyl (C=O) groups is 4. The molecule has 0 saturated carbocycles. The van der Waals surface area contributed by atoms with Gasteiger partial charge in [-0.2, -0.15) is 0 Å². The van der Waals surface area contributed by atoms with Crippen LogP contribution in [-0.2, 0) is 33.3 Å². The number of hydrogen-bond acceptors (Lipinski definition) is 11. The van der Waals surface area contributed by atoms with E-state index in [1.54, 1.807) is 20.8 Å². The van der Waals surface area contributed by atoms with Crippen LogP contribution in [0.2, 0.25) is 0 Å². The van der Waals surface area contributed by atoms with Gasteiger partial charge in [0.25, 0.3) is 5.91 Å². The molecule has 1 aromatic heterocycles. The van der Waals surface area contributed by atoms with Crippen molar-refractivity contribution in [2.75, 3.05) is 27.1 Å². The molecule has 0 bridgehead atoms. The Morgan fingerprint density at radius 1 is 1.29 bits per heavy atom. The van der Waals surface area contributed by atoms with Crippen LogP contribution in [0.1, 0.15) is 44.6 Å². The zero-order valence-electron chi connectivity index (χ0n) is 19.8. The van der Waals surface area contributed by atoms with E-state index < -0.39 is 48.9 Å². The lowest BCUT2D eigenvalue weighted by molar-refractivity contribution is -0.172. The van der Waals surface area contributed by atoms with Gasteiger partial charge in [0.2, 0.25) is 6.79 Å². The Morgan fingerprint density at radius 3 is 2.68 bits per heavy atom. The number of carbonyl (C=O) groups excluding carboxylic acids is 4. The van der Waals surface area contributed by atoms with Crippen molar-refractivity contribution in [3.8, 4) is 11.5 Å². The van der Waals surface area contributed by atoms with Crippen LogP contribution in [0.25, 0.3) is 0 Å². The highest BCUT2D eigenvalue weighted by Crippen LogP contribution is 2.29. The molecule has 12 nitrogen and oxygen atoms in total. The molecule has 2 heterocycles. The number of amides is 1. The van der Waals surface area contributed by atoms with Gasteiger partial charge in [0.1, 0.15) is 12.1 Å². The zero-order valence-corrected chi connectivity index (χ0v) is 19.8. The van der Waals surface area contributed by atoms with Crippen molar-refractivity contribution in [1.29, 1.82) is 0 Å². The predicted molar refractivity (Wildman–Crippen MR) is 115 cm³/mol. The number of nitrogens with zero attached hydrogens (tertiary/aromatic N) is 1. The minimum atomic E-state index is -1.07. The molecule has 0 aromatic carbocycles. The molecule has 1 N–H and O–H groups in total. The summed E-state index contributed by atoms with van der Waals surface area (Å²) in [6, 6.07) is 0.395. The molecule has 1 fully saturated rings. The smallest absolute Gasteiger partial charge is 0.329 e. The van der Waals surface area contributed by atoms with Gasteiger partial charge < -0.3 is 33.7 Å². The maximum atomic E-state index is 13.0. The van der Waals surface area contributed by atoms with Crippen LogP contribution in [0, 0.1) is 5.92 Å². The molecule has 0 aliphatic carbocycles. The van der Waals surface area contributed by atoms with E-state index in [4.69, 9.17) is 28.4 Å². The molecule has 0 radical (unpaired) electrons. The largest absolute Gasteiger partial charge is 0.493 e. The summed E-state index contributed by atoms with van der Waals surface area (Å²) in [4.78, 5) is 52.7. The highest BCUT2D eigenvalue weighted by atomic mass is 16.7. The van der Waals surface area contributed by atoms with Crippen LogP contribution >= 0.6 is 0 Å². The maximum Gasteiger partial charge on any atom is 0.329 e. The number of nitrogens with one attached hydrogen (secondary N) is 1. The number of esters is 3. The molecular weight excluding hydrogens is 452 g/mol. The monoisotopic (exact) mass is 482 g/mol. The summed E-state index contributed by atoms with van der Waals surface area (Å²) < 4.78 is 31.7. The maximum absolute atomic E-state index is 13.0. The van der Waals surface area contributed by atoms with E-state index in [0.717, 1.165) is 0 Å². The van der Waals surface area contributed by atoms with Crippen molar-refractivity contribution >= 4 is 23.8 Å². The summed E-state index contributed by atoms with van der Waals surface area (Å²) in [5.74, 6) is -2.72. The number of ether oxygens (including phenoxy) is 6. The third kappa shape index (κ3) is 7.58. The van der Waals surface area contributed by atoms with Crippen LogP contribution in [0.5, 0.6) is 11.5 Å². The van der Waals surface area contributed by atoms with Crippen molar-refractivity contribution in [1.82, 2.24) is 10.3 Å². The van der Waals surface area contributed by atoms with Gasteiger partial charge in [-0.1, -0.05) is 13.8 Å². The molecular formula is C22H30N2O10. The fraction of sp³-hybridized carbons (Fsp3) is 0.591. The number of rotatable bonds is 8. The second kappa shape index (κ2) is 12.7. The molecule has 1 aliphatic rings. The van der Waals surface area contributed by atoms with Crippen LogP contribution < -0.4 is 14.8 Å². The Balaban J connectivity index is 2.14. The average molecular weight is 482 g/mol. The number of hydrogen-bond donors (Lipinski definition) is 1. The molecule has 0 spiro atoms. The van der Waals surface area contributed by atoms with Crippen molar-refractivity contribution < 1.29 is 47.6 Å². The van der Waals surface area contributed by atoms with Gasteiger partial charge in [0.15, 0.2) is 23.3 Å². The molecule has 34 heavy (non-hydrogen) atoms. The van der Waals surface area contributed by atoms with E-state index in [1.165, 1.54) is 26.3 Å². The van der Waals surface area contributed by atoms with Gasteiger partial charge in [0, 0.05) is 32.2 Å². The average Bonchev–Trinajstić information content (AvgIpc) is 2.84. The number of pyridine rings is 1. The van der Waals surface area contributed by atoms with E-state index in [0.29, 0.717) is 0 Å². The van der Waals surface area contributed by atoms with Gasteiger partial charge in [-0.25, -0.2) is 9.78 Å². The molecule has 1 aromatic rings. The summed E-state index contributed by atoms with van der Waals surface area (Å²) in [6.07, 6.45) is -0.150. The number of aromatic nitrogens is 1. The first-order valence-corrected chi connectivity index (χ1v) is 10.7. The molecule has 188 valence electrons. The number of cyclic esters (lactones) is 1. The quantitative estimate of drug-likeness (QED) is 0.321. The first kappa shape index (κ1) is 26.8. The fourth-order valence-corrected chi connectivity index (χ4v) is 2.83. The third-order valence-corrected chi connectivity index (χ3v) is 4.76. The lowest BCUT2D eigenvalue weighted by atomic mass is 10.2. The molecule has 1 amide bonds. The van der Waals surface area contributed by atoms with Crippen molar-refractivity contribution in [2.45, 2.75) is 52.4 Å². The SMILES string of the molecule is COc1ccnc(C(=O)N[C@H]2CCOC[C@@H](OC(=O)C(C)C)[C@H](C)OC2=O)c1OCOC(C)=O. The van der Waals surface area contributed by atoms with E-state index in [9.17, 15) is 19.2 Å². The molecule has 0 unspecified atom stereocenters. The van der Waals surface area contributed by atoms with E-state index in [2.05, 4.69) is 10.3 Å². The molecule has 1 aliphatic heterocycles. The summed E-state index contributed by atoms with van der Waals surface area (Å²) in [5.41, 5.74) is -0.183. The zero-order chi connectivity index (χ0) is 25.3. The first-order valence-electron chi connectivity index (χ1n) is 10.7. The van der Waals surface area contributed by atoms with Crippen LogP contribution in [0.4, 0.5) is 0 Å². The third-order valence-electron chi connectivity index (χ3n) is 4.76. The van der Waals surface area contributed by atoms with Crippen molar-refractivity contribution in [3.05, 3.63) is 18.0 Å². The predicted octanol–water partition coefficient (Wildman–Crippen LogP) is 1.01. The standard InChI is InChI=1S/C22H30N2O10/c1-12(2)21(27)34-17-10-30-9-7-15(22(28)33-13(17)3)24-20(26)18-19(32-11-31-14(4)25)16(29-5)6-8-23-18/h6,8,12-13,15,17H,7,9-11H2,1-5H3,(H,24,26)/t13-,15-,17+/m0/s1. The Hall–Kier alpha value is -3.41. The Kier molecular flexibility index (Phi) is 10.0. The summed E-state index contributed by atoms with van der Waals surface area (Å²) in [7, 11) is 1.37.